The van der Waals surface area contributed by atoms with Gasteiger partial charge in [-0.3, -0.25) is 4.79 Å². The lowest BCUT2D eigenvalue weighted by molar-refractivity contribution is -0.137. The van der Waals surface area contributed by atoms with Crippen molar-refractivity contribution in [2.24, 2.45) is 0 Å². The van der Waals surface area contributed by atoms with Crippen LogP contribution in [0, 0.1) is 0 Å². The van der Waals surface area contributed by atoms with E-state index >= 15 is 0 Å². The maximum atomic E-state index is 12.5. The van der Waals surface area contributed by atoms with Gasteiger partial charge >= 0.3 is 6.18 Å². The Labute approximate surface area is 148 Å². The molecule has 0 unspecified atom stereocenters. The van der Waals surface area contributed by atoms with Crippen LogP contribution in [0.25, 0.3) is 0 Å². The van der Waals surface area contributed by atoms with Crippen LogP contribution < -0.4 is 9.47 Å². The zero-order valence-corrected chi connectivity index (χ0v) is 14.0. The molecule has 26 heavy (non-hydrogen) atoms. The number of likely N-dealkylation sites (tertiary alicyclic amines) is 1. The van der Waals surface area contributed by atoms with Gasteiger partial charge in [0.2, 0.25) is 5.88 Å². The standard InChI is InChI=1S/C18H17F3N2O3/c1-2-25-15-6-4-3-5-14(15)17(24)23-10-13(11-23)26-16-8-7-12(9-22-16)18(19,20)21/h3-9,13H,2,10-11H2,1H3. The zero-order chi connectivity index (χ0) is 18.7. The summed E-state index contributed by atoms with van der Waals surface area (Å²) in [6.45, 7) is 2.96. The number of halogens is 3. The van der Waals surface area contributed by atoms with Crippen molar-refractivity contribution in [3.05, 3.63) is 53.7 Å². The van der Waals surface area contributed by atoms with Gasteiger partial charge in [0.1, 0.15) is 11.9 Å². The molecule has 2 aromatic rings. The smallest absolute Gasteiger partial charge is 0.417 e. The number of para-hydroxylation sites is 1. The summed E-state index contributed by atoms with van der Waals surface area (Å²) in [6.07, 6.45) is -4.00. The molecule has 1 aromatic heterocycles. The molecule has 0 bridgehead atoms. The summed E-state index contributed by atoms with van der Waals surface area (Å²) in [5.74, 6) is 0.452. The Hall–Kier alpha value is -2.77. The summed E-state index contributed by atoms with van der Waals surface area (Å²) >= 11 is 0. The van der Waals surface area contributed by atoms with Crippen LogP contribution in [0.1, 0.15) is 22.8 Å². The van der Waals surface area contributed by atoms with Gasteiger partial charge in [0, 0.05) is 12.3 Å². The van der Waals surface area contributed by atoms with E-state index in [1.54, 1.807) is 29.2 Å². The molecule has 1 amide bonds. The highest BCUT2D eigenvalue weighted by Crippen LogP contribution is 2.30. The van der Waals surface area contributed by atoms with Gasteiger partial charge in [0.25, 0.3) is 5.91 Å². The molecule has 8 heteroatoms. The van der Waals surface area contributed by atoms with Crippen molar-refractivity contribution in [1.82, 2.24) is 9.88 Å². The summed E-state index contributed by atoms with van der Waals surface area (Å²) in [6, 6.07) is 9.07. The summed E-state index contributed by atoms with van der Waals surface area (Å²) in [7, 11) is 0. The first-order chi connectivity index (χ1) is 12.4. The molecule has 1 saturated heterocycles. The Morgan fingerprint density at radius 1 is 1.23 bits per heavy atom. The van der Waals surface area contributed by atoms with E-state index in [1.165, 1.54) is 6.07 Å². The fraction of sp³-hybridized carbons (Fsp3) is 0.333. The first-order valence-corrected chi connectivity index (χ1v) is 8.09. The van der Waals surface area contributed by atoms with E-state index in [0.717, 1.165) is 12.3 Å². The third-order valence-electron chi connectivity index (χ3n) is 3.90. The molecule has 1 aliphatic rings. The van der Waals surface area contributed by atoms with Crippen LogP contribution in [0.5, 0.6) is 11.6 Å². The van der Waals surface area contributed by atoms with Crippen molar-refractivity contribution in [3.63, 3.8) is 0 Å². The lowest BCUT2D eigenvalue weighted by Crippen LogP contribution is -2.56. The number of amides is 1. The molecule has 1 aromatic carbocycles. The van der Waals surface area contributed by atoms with E-state index < -0.39 is 11.7 Å². The average Bonchev–Trinajstić information content (AvgIpc) is 2.57. The predicted molar refractivity (Wildman–Crippen MR) is 87.2 cm³/mol. The second-order valence-corrected chi connectivity index (χ2v) is 5.76. The van der Waals surface area contributed by atoms with Crippen molar-refractivity contribution >= 4 is 5.91 Å². The van der Waals surface area contributed by atoms with Gasteiger partial charge in [0.05, 0.1) is 30.8 Å². The first-order valence-electron chi connectivity index (χ1n) is 8.09. The van der Waals surface area contributed by atoms with Crippen LogP contribution in [-0.2, 0) is 6.18 Å². The van der Waals surface area contributed by atoms with Crippen LogP contribution in [0.15, 0.2) is 42.6 Å². The van der Waals surface area contributed by atoms with Crippen LogP contribution in [0.2, 0.25) is 0 Å². The molecule has 2 heterocycles. The monoisotopic (exact) mass is 366 g/mol. The molecule has 138 valence electrons. The number of aromatic nitrogens is 1. The summed E-state index contributed by atoms with van der Waals surface area (Å²) in [4.78, 5) is 17.8. The molecule has 5 nitrogen and oxygen atoms in total. The minimum atomic E-state index is -4.43. The molecular weight excluding hydrogens is 349 g/mol. The molecule has 1 fully saturated rings. The number of rotatable bonds is 5. The van der Waals surface area contributed by atoms with E-state index in [9.17, 15) is 18.0 Å². The van der Waals surface area contributed by atoms with Crippen LogP contribution in [-0.4, -0.2) is 41.6 Å². The number of pyridine rings is 1. The minimum absolute atomic E-state index is 0.102. The van der Waals surface area contributed by atoms with E-state index in [0.29, 0.717) is 31.0 Å². The van der Waals surface area contributed by atoms with Crippen LogP contribution in [0.3, 0.4) is 0 Å². The van der Waals surface area contributed by atoms with E-state index in [2.05, 4.69) is 4.98 Å². The van der Waals surface area contributed by atoms with E-state index in [1.807, 2.05) is 6.92 Å². The lowest BCUT2D eigenvalue weighted by Gasteiger charge is -2.38. The molecule has 3 rings (SSSR count). The molecule has 0 spiro atoms. The van der Waals surface area contributed by atoms with Crippen molar-refractivity contribution in [3.8, 4) is 11.6 Å². The van der Waals surface area contributed by atoms with Gasteiger partial charge in [-0.1, -0.05) is 12.1 Å². The molecule has 1 aliphatic heterocycles. The summed E-state index contributed by atoms with van der Waals surface area (Å²) in [5.41, 5.74) is -0.358. The molecule has 0 aliphatic carbocycles. The molecular formula is C18H17F3N2O3. The SMILES string of the molecule is CCOc1ccccc1C(=O)N1CC(Oc2ccc(C(F)(F)F)cn2)C1. The number of benzene rings is 1. The Balaban J connectivity index is 1.57. The molecule has 0 saturated carbocycles. The van der Waals surface area contributed by atoms with Crippen molar-refractivity contribution in [1.29, 1.82) is 0 Å². The predicted octanol–water partition coefficient (Wildman–Crippen LogP) is 3.40. The van der Waals surface area contributed by atoms with Crippen LogP contribution in [0.4, 0.5) is 13.2 Å². The second-order valence-electron chi connectivity index (χ2n) is 5.76. The van der Waals surface area contributed by atoms with Gasteiger partial charge in [0.15, 0.2) is 0 Å². The highest BCUT2D eigenvalue weighted by Gasteiger charge is 2.35. The largest absolute Gasteiger partial charge is 0.493 e. The normalized spacial score (nSPS) is 14.7. The van der Waals surface area contributed by atoms with Gasteiger partial charge in [-0.2, -0.15) is 13.2 Å². The number of nitrogens with zero attached hydrogens (tertiary/aromatic N) is 2. The first kappa shape index (κ1) is 18.0. The number of carbonyl (C=O) groups is 1. The van der Waals surface area contributed by atoms with Crippen molar-refractivity contribution < 1.29 is 27.4 Å². The highest BCUT2D eigenvalue weighted by molar-refractivity contribution is 5.97. The number of carbonyl (C=O) groups excluding carboxylic acids is 1. The Morgan fingerprint density at radius 2 is 1.96 bits per heavy atom. The van der Waals surface area contributed by atoms with E-state index in [-0.39, 0.29) is 17.9 Å². The van der Waals surface area contributed by atoms with Gasteiger partial charge in [-0.05, 0) is 25.1 Å². The number of alkyl halides is 3. The second kappa shape index (κ2) is 7.23. The van der Waals surface area contributed by atoms with Crippen molar-refractivity contribution in [2.45, 2.75) is 19.2 Å². The van der Waals surface area contributed by atoms with Crippen molar-refractivity contribution in [2.75, 3.05) is 19.7 Å². The van der Waals surface area contributed by atoms with Gasteiger partial charge in [-0.25, -0.2) is 4.98 Å². The molecule has 0 atom stereocenters. The average molecular weight is 366 g/mol. The fourth-order valence-electron chi connectivity index (χ4n) is 2.56. The fourth-order valence-corrected chi connectivity index (χ4v) is 2.56. The Morgan fingerprint density at radius 3 is 2.58 bits per heavy atom. The third kappa shape index (κ3) is 3.89. The topological polar surface area (TPSA) is 51.7 Å². The number of ether oxygens (including phenoxy) is 2. The van der Waals surface area contributed by atoms with E-state index in [4.69, 9.17) is 9.47 Å². The molecule has 0 N–H and O–H groups in total. The van der Waals surface area contributed by atoms with Crippen LogP contribution >= 0.6 is 0 Å². The summed E-state index contributed by atoms with van der Waals surface area (Å²) < 4.78 is 48.5. The zero-order valence-electron chi connectivity index (χ0n) is 14.0. The number of hydrogen-bond acceptors (Lipinski definition) is 4. The number of hydrogen-bond donors (Lipinski definition) is 0. The lowest BCUT2D eigenvalue weighted by atomic mass is 10.1. The summed E-state index contributed by atoms with van der Waals surface area (Å²) in [5, 5.41) is 0. The van der Waals surface area contributed by atoms with Gasteiger partial charge < -0.3 is 14.4 Å². The third-order valence-corrected chi connectivity index (χ3v) is 3.90. The molecule has 0 radical (unpaired) electrons. The highest BCUT2D eigenvalue weighted by atomic mass is 19.4. The Bertz CT molecular complexity index is 772. The maximum absolute atomic E-state index is 12.5. The maximum Gasteiger partial charge on any atom is 0.417 e. The minimum Gasteiger partial charge on any atom is -0.493 e. The van der Waals surface area contributed by atoms with Gasteiger partial charge in [-0.15, -0.1) is 0 Å². The Kier molecular flexibility index (Phi) is 5.01. The quantitative estimate of drug-likeness (QED) is 0.814.